The SMILES string of the molecule is CCC(C)CN(C)C(=O)c1sc(N(CC)CC)nc1N. The highest BCUT2D eigenvalue weighted by Gasteiger charge is 2.22. The first kappa shape index (κ1) is 16.8. The van der Waals surface area contributed by atoms with Crippen LogP contribution in [-0.2, 0) is 0 Å². The normalized spacial score (nSPS) is 12.2. The third-order valence-corrected chi connectivity index (χ3v) is 4.62. The van der Waals surface area contributed by atoms with Crippen LogP contribution in [0.1, 0.15) is 43.8 Å². The van der Waals surface area contributed by atoms with E-state index < -0.39 is 0 Å². The van der Waals surface area contributed by atoms with E-state index in [4.69, 9.17) is 5.73 Å². The van der Waals surface area contributed by atoms with Gasteiger partial charge in [0.1, 0.15) is 10.7 Å². The Kier molecular flexibility index (Phi) is 6.26. The number of aromatic nitrogens is 1. The van der Waals surface area contributed by atoms with Crippen molar-refractivity contribution in [3.8, 4) is 0 Å². The number of hydrogen-bond acceptors (Lipinski definition) is 5. The predicted octanol–water partition coefficient (Wildman–Crippen LogP) is 2.69. The number of nitrogens with two attached hydrogens (primary N) is 1. The van der Waals surface area contributed by atoms with Crippen LogP contribution in [0.25, 0.3) is 0 Å². The third-order valence-electron chi connectivity index (χ3n) is 3.50. The van der Waals surface area contributed by atoms with Crippen molar-refractivity contribution in [2.75, 3.05) is 37.3 Å². The van der Waals surface area contributed by atoms with Gasteiger partial charge in [0.05, 0.1) is 0 Å². The van der Waals surface area contributed by atoms with Gasteiger partial charge in [-0.1, -0.05) is 31.6 Å². The largest absolute Gasteiger partial charge is 0.382 e. The molecule has 6 heteroatoms. The van der Waals surface area contributed by atoms with Crippen molar-refractivity contribution >= 4 is 28.2 Å². The van der Waals surface area contributed by atoms with Crippen molar-refractivity contribution in [1.82, 2.24) is 9.88 Å². The minimum absolute atomic E-state index is 0.0290. The van der Waals surface area contributed by atoms with E-state index in [0.29, 0.717) is 16.6 Å². The second kappa shape index (κ2) is 7.47. The summed E-state index contributed by atoms with van der Waals surface area (Å²) in [6.07, 6.45) is 1.06. The Labute approximate surface area is 125 Å². The lowest BCUT2D eigenvalue weighted by atomic mass is 10.1. The summed E-state index contributed by atoms with van der Waals surface area (Å²) in [5.74, 6) is 0.803. The molecule has 1 aromatic rings. The van der Waals surface area contributed by atoms with Gasteiger partial charge in [0.2, 0.25) is 0 Å². The summed E-state index contributed by atoms with van der Waals surface area (Å²) in [6.45, 7) is 10.9. The number of hydrogen-bond donors (Lipinski definition) is 1. The number of nitrogen functional groups attached to an aromatic ring is 1. The lowest BCUT2D eigenvalue weighted by molar-refractivity contribution is 0.0780. The predicted molar refractivity (Wildman–Crippen MR) is 86.5 cm³/mol. The first-order chi connectivity index (χ1) is 9.44. The number of amides is 1. The molecule has 0 aliphatic carbocycles. The van der Waals surface area contributed by atoms with Gasteiger partial charge < -0.3 is 15.5 Å². The minimum Gasteiger partial charge on any atom is -0.382 e. The van der Waals surface area contributed by atoms with Crippen molar-refractivity contribution < 1.29 is 4.79 Å². The molecule has 1 unspecified atom stereocenters. The van der Waals surface area contributed by atoms with Crippen LogP contribution in [0.3, 0.4) is 0 Å². The molecule has 0 saturated carbocycles. The number of nitrogens with zero attached hydrogens (tertiary/aromatic N) is 3. The Balaban J connectivity index is 2.88. The monoisotopic (exact) mass is 298 g/mol. The van der Waals surface area contributed by atoms with Gasteiger partial charge in [0.15, 0.2) is 5.13 Å². The fourth-order valence-electron chi connectivity index (χ4n) is 1.96. The van der Waals surface area contributed by atoms with Crippen LogP contribution >= 0.6 is 11.3 Å². The van der Waals surface area contributed by atoms with E-state index in [1.54, 1.807) is 4.90 Å². The van der Waals surface area contributed by atoms with Gasteiger partial charge in [-0.3, -0.25) is 4.79 Å². The molecule has 1 amide bonds. The van der Waals surface area contributed by atoms with Gasteiger partial charge in [-0.15, -0.1) is 0 Å². The molecule has 5 nitrogen and oxygen atoms in total. The maximum atomic E-state index is 12.4. The molecule has 1 rings (SSSR count). The Morgan fingerprint density at radius 1 is 1.35 bits per heavy atom. The number of thiazole rings is 1. The standard InChI is InChI=1S/C14H26N4OS/c1-6-10(4)9-17(5)13(19)11-12(15)16-14(20-11)18(7-2)8-3/h10H,6-9,15H2,1-5H3. The van der Waals surface area contributed by atoms with E-state index >= 15 is 0 Å². The zero-order valence-corrected chi connectivity index (χ0v) is 14.0. The molecule has 20 heavy (non-hydrogen) atoms. The second-order valence-electron chi connectivity index (χ2n) is 5.08. The Morgan fingerprint density at radius 2 is 1.95 bits per heavy atom. The maximum Gasteiger partial charge on any atom is 0.267 e. The van der Waals surface area contributed by atoms with Crippen molar-refractivity contribution in [1.29, 1.82) is 0 Å². The van der Waals surface area contributed by atoms with Crippen LogP contribution in [0.2, 0.25) is 0 Å². The van der Waals surface area contributed by atoms with Crippen LogP contribution in [0.4, 0.5) is 10.9 Å². The fraction of sp³-hybridized carbons (Fsp3) is 0.714. The molecule has 0 bridgehead atoms. The molecule has 114 valence electrons. The van der Waals surface area contributed by atoms with E-state index in [1.165, 1.54) is 11.3 Å². The lowest BCUT2D eigenvalue weighted by Crippen LogP contribution is -2.30. The Bertz CT molecular complexity index is 442. The smallest absolute Gasteiger partial charge is 0.267 e. The zero-order valence-electron chi connectivity index (χ0n) is 13.1. The lowest BCUT2D eigenvalue weighted by Gasteiger charge is -2.20. The molecular formula is C14H26N4OS. The van der Waals surface area contributed by atoms with Gasteiger partial charge in [0, 0.05) is 26.7 Å². The van der Waals surface area contributed by atoms with E-state index in [1.807, 2.05) is 7.05 Å². The second-order valence-corrected chi connectivity index (χ2v) is 6.06. The highest BCUT2D eigenvalue weighted by molar-refractivity contribution is 7.18. The summed E-state index contributed by atoms with van der Waals surface area (Å²) in [5, 5.41) is 0.827. The zero-order chi connectivity index (χ0) is 15.3. The highest BCUT2D eigenvalue weighted by Crippen LogP contribution is 2.29. The fourth-order valence-corrected chi connectivity index (χ4v) is 3.06. The van der Waals surface area contributed by atoms with Crippen molar-refractivity contribution in [3.05, 3.63) is 4.88 Å². The maximum absolute atomic E-state index is 12.4. The minimum atomic E-state index is -0.0290. The highest BCUT2D eigenvalue weighted by atomic mass is 32.1. The van der Waals surface area contributed by atoms with Gasteiger partial charge in [-0.2, -0.15) is 0 Å². The molecule has 0 saturated heterocycles. The molecule has 0 fully saturated rings. The summed E-state index contributed by atoms with van der Waals surface area (Å²) in [4.78, 5) is 21.2. The first-order valence-electron chi connectivity index (χ1n) is 7.21. The molecule has 0 aliphatic heterocycles. The Morgan fingerprint density at radius 3 is 2.45 bits per heavy atom. The summed E-state index contributed by atoms with van der Waals surface area (Å²) < 4.78 is 0. The topological polar surface area (TPSA) is 62.5 Å². The van der Waals surface area contributed by atoms with E-state index in [-0.39, 0.29) is 5.91 Å². The molecule has 1 atom stereocenters. The van der Waals surface area contributed by atoms with Gasteiger partial charge in [0.25, 0.3) is 5.91 Å². The van der Waals surface area contributed by atoms with E-state index in [2.05, 4.69) is 37.6 Å². The van der Waals surface area contributed by atoms with Gasteiger partial charge in [-0.25, -0.2) is 4.98 Å². The third kappa shape index (κ3) is 3.85. The van der Waals surface area contributed by atoms with Crippen molar-refractivity contribution in [2.45, 2.75) is 34.1 Å². The summed E-state index contributed by atoms with van der Waals surface area (Å²) in [5.41, 5.74) is 5.92. The molecule has 1 aromatic heterocycles. The molecule has 0 aliphatic rings. The van der Waals surface area contributed by atoms with Crippen LogP contribution in [0.5, 0.6) is 0 Å². The number of anilines is 2. The van der Waals surface area contributed by atoms with Crippen molar-refractivity contribution in [2.24, 2.45) is 5.92 Å². The first-order valence-corrected chi connectivity index (χ1v) is 8.02. The summed E-state index contributed by atoms with van der Waals surface area (Å²) in [7, 11) is 1.82. The summed E-state index contributed by atoms with van der Waals surface area (Å²) in [6, 6.07) is 0. The van der Waals surface area contributed by atoms with Crippen molar-refractivity contribution in [3.63, 3.8) is 0 Å². The van der Waals surface area contributed by atoms with Gasteiger partial charge >= 0.3 is 0 Å². The quantitative estimate of drug-likeness (QED) is 0.840. The molecule has 1 heterocycles. The molecular weight excluding hydrogens is 272 g/mol. The van der Waals surface area contributed by atoms with Crippen LogP contribution in [0.15, 0.2) is 0 Å². The molecule has 0 spiro atoms. The molecule has 2 N–H and O–H groups in total. The number of carbonyl (C=O) groups excluding carboxylic acids is 1. The average molecular weight is 298 g/mol. The van der Waals surface area contributed by atoms with Crippen LogP contribution in [0, 0.1) is 5.92 Å². The van der Waals surface area contributed by atoms with Crippen LogP contribution < -0.4 is 10.6 Å². The van der Waals surface area contributed by atoms with Gasteiger partial charge in [-0.05, 0) is 19.8 Å². The van der Waals surface area contributed by atoms with E-state index in [9.17, 15) is 4.79 Å². The van der Waals surface area contributed by atoms with Crippen LogP contribution in [-0.4, -0.2) is 42.5 Å². The molecule has 0 radical (unpaired) electrons. The van der Waals surface area contributed by atoms with E-state index in [0.717, 1.165) is 31.2 Å². The summed E-state index contributed by atoms with van der Waals surface area (Å²) >= 11 is 1.39. The Hall–Kier alpha value is -1.30. The number of carbonyl (C=O) groups is 1. The number of rotatable bonds is 7. The average Bonchev–Trinajstić information content (AvgIpc) is 2.81. The molecule has 0 aromatic carbocycles.